The second kappa shape index (κ2) is 3.50. The van der Waals surface area contributed by atoms with Crippen molar-refractivity contribution in [2.24, 2.45) is 5.92 Å². The summed E-state index contributed by atoms with van der Waals surface area (Å²) >= 11 is 0. The van der Waals surface area contributed by atoms with Crippen molar-refractivity contribution in [3.8, 4) is 0 Å². The summed E-state index contributed by atoms with van der Waals surface area (Å²) in [5.41, 5.74) is -0.220. The maximum Gasteiger partial charge on any atom is 0.340 e. The van der Waals surface area contributed by atoms with Crippen molar-refractivity contribution in [1.82, 2.24) is 0 Å². The van der Waals surface area contributed by atoms with Crippen LogP contribution in [-0.2, 0) is 9.53 Å². The van der Waals surface area contributed by atoms with Gasteiger partial charge in [-0.1, -0.05) is 19.9 Å². The molecule has 0 saturated heterocycles. The van der Waals surface area contributed by atoms with Crippen LogP contribution in [0.3, 0.4) is 0 Å². The fourth-order valence-electron chi connectivity index (χ4n) is 1.70. The molecular weight excluding hydrogens is 168 g/mol. The second-order valence-electron chi connectivity index (χ2n) is 3.93. The van der Waals surface area contributed by atoms with Crippen LogP contribution in [0.25, 0.3) is 0 Å². The van der Waals surface area contributed by atoms with Gasteiger partial charge in [0, 0.05) is 0 Å². The van der Waals surface area contributed by atoms with Gasteiger partial charge in [0.1, 0.15) is 0 Å². The van der Waals surface area contributed by atoms with Crippen LogP contribution in [0, 0.1) is 5.92 Å². The zero-order chi connectivity index (χ0) is 10.1. The first-order valence-electron chi connectivity index (χ1n) is 4.53. The number of hydrogen-bond acceptors (Lipinski definition) is 2. The van der Waals surface area contributed by atoms with Gasteiger partial charge in [-0.05, 0) is 24.8 Å². The van der Waals surface area contributed by atoms with E-state index in [1.54, 1.807) is 0 Å². The molecule has 0 aromatic rings. The van der Waals surface area contributed by atoms with Crippen molar-refractivity contribution in [3.63, 3.8) is 0 Å². The van der Waals surface area contributed by atoms with E-state index in [2.05, 4.69) is 0 Å². The van der Waals surface area contributed by atoms with Crippen molar-refractivity contribution >= 4 is 5.97 Å². The van der Waals surface area contributed by atoms with Crippen LogP contribution in [0.5, 0.6) is 0 Å². The fourth-order valence-corrected chi connectivity index (χ4v) is 1.70. The van der Waals surface area contributed by atoms with Gasteiger partial charge in [0.15, 0.2) is 5.60 Å². The van der Waals surface area contributed by atoms with Crippen molar-refractivity contribution in [3.05, 3.63) is 11.6 Å². The second-order valence-corrected chi connectivity index (χ2v) is 3.93. The quantitative estimate of drug-likeness (QED) is 0.681. The molecule has 1 heterocycles. The Hall–Kier alpha value is -0.830. The van der Waals surface area contributed by atoms with E-state index in [4.69, 9.17) is 9.84 Å². The Morgan fingerprint density at radius 1 is 1.77 bits per heavy atom. The first-order valence-corrected chi connectivity index (χ1v) is 4.53. The number of rotatable bonds is 3. The van der Waals surface area contributed by atoms with Crippen LogP contribution in [0.2, 0.25) is 0 Å². The number of carbonyl (C=O) groups is 1. The van der Waals surface area contributed by atoms with Gasteiger partial charge in [0.05, 0.1) is 6.61 Å². The number of carboxylic acids is 1. The summed E-state index contributed by atoms with van der Waals surface area (Å²) in [6.45, 7) is 6.24. The first kappa shape index (κ1) is 10.3. The third kappa shape index (κ3) is 1.75. The monoisotopic (exact) mass is 184 g/mol. The predicted molar refractivity (Wildman–Crippen MR) is 49.5 cm³/mol. The number of carboxylic acid groups (broad SMARTS) is 1. The third-order valence-electron chi connectivity index (χ3n) is 2.40. The van der Waals surface area contributed by atoms with Gasteiger partial charge in [-0.25, -0.2) is 4.79 Å². The van der Waals surface area contributed by atoms with Gasteiger partial charge >= 0.3 is 5.97 Å². The minimum absolute atomic E-state index is 0.317. The van der Waals surface area contributed by atoms with Crippen molar-refractivity contribution in [2.45, 2.75) is 32.8 Å². The molecule has 13 heavy (non-hydrogen) atoms. The molecule has 0 bridgehead atoms. The number of hydrogen-bond donors (Lipinski definition) is 1. The molecule has 0 unspecified atom stereocenters. The molecule has 74 valence electrons. The molecule has 1 N–H and O–H groups in total. The molecule has 0 radical (unpaired) electrons. The molecule has 1 aliphatic rings. The summed E-state index contributed by atoms with van der Waals surface area (Å²) in [7, 11) is 0. The Bertz CT molecular complexity index is 243. The summed E-state index contributed by atoms with van der Waals surface area (Å²) in [6, 6.07) is 0. The van der Waals surface area contributed by atoms with Crippen molar-refractivity contribution in [2.75, 3.05) is 6.61 Å². The highest BCUT2D eigenvalue weighted by Crippen LogP contribution is 2.33. The Balaban J connectivity index is 2.89. The van der Waals surface area contributed by atoms with E-state index in [1.165, 1.54) is 0 Å². The maximum absolute atomic E-state index is 11.1. The molecule has 0 fully saturated rings. The molecule has 0 spiro atoms. The van der Waals surface area contributed by atoms with Crippen LogP contribution in [-0.4, -0.2) is 23.3 Å². The molecule has 0 aromatic carbocycles. The average Bonchev–Trinajstić information content (AvgIpc) is 2.32. The smallest absolute Gasteiger partial charge is 0.340 e. The lowest BCUT2D eigenvalue weighted by atomic mass is 9.87. The topological polar surface area (TPSA) is 46.5 Å². The molecule has 0 aromatic heterocycles. The molecule has 3 nitrogen and oxygen atoms in total. The van der Waals surface area contributed by atoms with Gasteiger partial charge in [-0.3, -0.25) is 0 Å². The van der Waals surface area contributed by atoms with Gasteiger partial charge in [-0.15, -0.1) is 0 Å². The van der Waals surface area contributed by atoms with Crippen LogP contribution in [0.1, 0.15) is 27.2 Å². The Kier molecular flexibility index (Phi) is 2.76. The summed E-state index contributed by atoms with van der Waals surface area (Å²) in [5, 5.41) is 9.12. The fraction of sp³-hybridized carbons (Fsp3) is 0.700. The van der Waals surface area contributed by atoms with E-state index in [-0.39, 0.29) is 0 Å². The molecule has 1 rings (SSSR count). The largest absolute Gasteiger partial charge is 0.479 e. The Labute approximate surface area is 78.4 Å². The Morgan fingerprint density at radius 3 is 2.69 bits per heavy atom. The summed E-state index contributed by atoms with van der Waals surface area (Å²) in [6.07, 6.45) is 2.39. The normalized spacial score (nSPS) is 27.8. The lowest BCUT2D eigenvalue weighted by Gasteiger charge is -2.27. The summed E-state index contributed by atoms with van der Waals surface area (Å²) < 4.78 is 5.33. The highest BCUT2D eigenvalue weighted by Gasteiger charge is 2.44. The zero-order valence-electron chi connectivity index (χ0n) is 8.33. The third-order valence-corrected chi connectivity index (χ3v) is 2.40. The van der Waals surface area contributed by atoms with Crippen LogP contribution in [0.15, 0.2) is 11.6 Å². The molecule has 1 atom stereocenters. The minimum Gasteiger partial charge on any atom is -0.479 e. The zero-order valence-corrected chi connectivity index (χ0v) is 8.33. The standard InChI is InChI=1S/C10H16O3/c1-7(2)6-10(9(11)12)8(3)4-5-13-10/h4,7H,5-6H2,1-3H3,(H,11,12)/t10-/m1/s1. The molecule has 0 amide bonds. The number of aliphatic carboxylic acids is 1. The summed E-state index contributed by atoms with van der Waals surface area (Å²) in [4.78, 5) is 11.1. The van der Waals surface area contributed by atoms with Gasteiger partial charge in [0.2, 0.25) is 0 Å². The van der Waals surface area contributed by atoms with Crippen LogP contribution in [0.4, 0.5) is 0 Å². The molecule has 3 heteroatoms. The van der Waals surface area contributed by atoms with Gasteiger partial charge < -0.3 is 9.84 Å². The van der Waals surface area contributed by atoms with Gasteiger partial charge in [0.25, 0.3) is 0 Å². The van der Waals surface area contributed by atoms with Crippen LogP contribution < -0.4 is 0 Å². The molecular formula is C10H16O3. The van der Waals surface area contributed by atoms with Crippen molar-refractivity contribution < 1.29 is 14.6 Å². The highest BCUT2D eigenvalue weighted by molar-refractivity contribution is 5.82. The lowest BCUT2D eigenvalue weighted by Crippen LogP contribution is -2.41. The van der Waals surface area contributed by atoms with Crippen molar-refractivity contribution in [1.29, 1.82) is 0 Å². The lowest BCUT2D eigenvalue weighted by molar-refractivity contribution is -0.159. The summed E-state index contributed by atoms with van der Waals surface area (Å²) in [5.74, 6) is -0.551. The van der Waals surface area contributed by atoms with E-state index in [9.17, 15) is 4.79 Å². The predicted octanol–water partition coefficient (Wildman–Crippen LogP) is 1.83. The van der Waals surface area contributed by atoms with E-state index < -0.39 is 11.6 Å². The van der Waals surface area contributed by atoms with E-state index in [0.717, 1.165) is 5.57 Å². The van der Waals surface area contributed by atoms with Gasteiger partial charge in [-0.2, -0.15) is 0 Å². The van der Waals surface area contributed by atoms with Crippen LogP contribution >= 0.6 is 0 Å². The van der Waals surface area contributed by atoms with E-state index in [0.29, 0.717) is 18.9 Å². The average molecular weight is 184 g/mol. The molecule has 0 saturated carbocycles. The SMILES string of the molecule is CC1=CCO[C@@]1(CC(C)C)C(=O)O. The maximum atomic E-state index is 11.1. The van der Waals surface area contributed by atoms with E-state index >= 15 is 0 Å². The Morgan fingerprint density at radius 2 is 2.38 bits per heavy atom. The van der Waals surface area contributed by atoms with E-state index in [1.807, 2.05) is 26.8 Å². The molecule has 0 aliphatic carbocycles. The number of ether oxygens (including phenoxy) is 1. The minimum atomic E-state index is -1.05. The first-order chi connectivity index (χ1) is 5.99. The molecule has 1 aliphatic heterocycles. The highest BCUT2D eigenvalue weighted by atomic mass is 16.5.